The second kappa shape index (κ2) is 11.5. The number of carbonyl (C=O) groups excluding carboxylic acids is 2. The van der Waals surface area contributed by atoms with E-state index in [4.69, 9.17) is 0 Å². The predicted octanol–water partition coefficient (Wildman–Crippen LogP) is 3.35. The Balaban J connectivity index is 1.15. The van der Waals surface area contributed by atoms with Crippen molar-refractivity contribution in [1.82, 2.24) is 30.6 Å². The highest BCUT2D eigenvalue weighted by Gasteiger charge is 2.29. The first kappa shape index (κ1) is 24.2. The zero-order valence-electron chi connectivity index (χ0n) is 19.3. The van der Waals surface area contributed by atoms with Gasteiger partial charge in [0.25, 0.3) is 0 Å². The van der Waals surface area contributed by atoms with Crippen LogP contribution in [0, 0.1) is 0 Å². The molecule has 3 aromatic rings. The molecule has 2 unspecified atom stereocenters. The molecule has 0 radical (unpaired) electrons. The van der Waals surface area contributed by atoms with Crippen molar-refractivity contribution < 1.29 is 9.59 Å². The van der Waals surface area contributed by atoms with Gasteiger partial charge >= 0.3 is 0 Å². The average Bonchev–Trinajstić information content (AvgIpc) is 3.55. The summed E-state index contributed by atoms with van der Waals surface area (Å²) in [5.74, 6) is 0.116. The topological polar surface area (TPSA) is 160 Å². The van der Waals surface area contributed by atoms with Crippen LogP contribution in [0.2, 0.25) is 0 Å². The van der Waals surface area contributed by atoms with Crippen LogP contribution in [0.15, 0.2) is 28.5 Å². The van der Waals surface area contributed by atoms with Crippen LogP contribution in [0.3, 0.4) is 0 Å². The highest BCUT2D eigenvalue weighted by atomic mass is 32.1. The SMILES string of the molecule is O=C(CC1=NN=CCC1)Nc1nnc(C2CCCC(c3nnc(NC(=O)Cc4cccnn4)s3)C2)s1. The summed E-state index contributed by atoms with van der Waals surface area (Å²) in [6.07, 6.45) is 9.14. The Morgan fingerprint density at radius 3 is 2.22 bits per heavy atom. The molecule has 1 saturated carbocycles. The maximum atomic E-state index is 12.3. The van der Waals surface area contributed by atoms with E-state index in [2.05, 4.69) is 51.4 Å². The standard InChI is InChI=1S/C22H24N10O2S2/c33-17(11-15-6-2-8-23-27-15)25-21-31-29-19(35-21)13-4-1-5-14(10-13)20-30-32-22(36-20)26-18(34)12-16-7-3-9-24-28-16/h2,6,8-9,13-14H,1,3-5,7,10-12H2,(H,25,31,33)(H,26,32,34). The summed E-state index contributed by atoms with van der Waals surface area (Å²) in [6, 6.07) is 3.50. The quantitative estimate of drug-likeness (QED) is 0.453. The lowest BCUT2D eigenvalue weighted by molar-refractivity contribution is -0.116. The summed E-state index contributed by atoms with van der Waals surface area (Å²) in [7, 11) is 0. The summed E-state index contributed by atoms with van der Waals surface area (Å²) in [5.41, 5.74) is 1.37. The summed E-state index contributed by atoms with van der Waals surface area (Å²) < 4.78 is 0. The van der Waals surface area contributed by atoms with Gasteiger partial charge in [0.2, 0.25) is 22.1 Å². The first-order valence-corrected chi connectivity index (χ1v) is 13.4. The smallest absolute Gasteiger partial charge is 0.232 e. The lowest BCUT2D eigenvalue weighted by Crippen LogP contribution is -2.17. The van der Waals surface area contributed by atoms with Crippen LogP contribution in [0.25, 0.3) is 0 Å². The van der Waals surface area contributed by atoms with Gasteiger partial charge in [-0.3, -0.25) is 9.59 Å². The average molecular weight is 525 g/mol. The molecule has 1 aliphatic carbocycles. The number of nitrogens with one attached hydrogen (secondary N) is 2. The van der Waals surface area contributed by atoms with Crippen LogP contribution in [-0.2, 0) is 16.0 Å². The second-order valence-electron chi connectivity index (χ2n) is 8.62. The van der Waals surface area contributed by atoms with Crippen molar-refractivity contribution in [3.63, 3.8) is 0 Å². The highest BCUT2D eigenvalue weighted by molar-refractivity contribution is 7.15. The van der Waals surface area contributed by atoms with E-state index in [1.807, 2.05) is 0 Å². The van der Waals surface area contributed by atoms with Gasteiger partial charge in [-0.2, -0.15) is 20.4 Å². The van der Waals surface area contributed by atoms with Crippen LogP contribution in [0.4, 0.5) is 10.3 Å². The van der Waals surface area contributed by atoms with E-state index >= 15 is 0 Å². The molecule has 0 bridgehead atoms. The Hall–Kier alpha value is -3.52. The van der Waals surface area contributed by atoms with E-state index in [9.17, 15) is 9.59 Å². The number of aromatic nitrogens is 6. The Bertz CT molecular complexity index is 1270. The minimum Gasteiger partial charge on any atom is -0.300 e. The molecule has 186 valence electrons. The van der Waals surface area contributed by atoms with Crippen molar-refractivity contribution in [2.75, 3.05) is 10.6 Å². The van der Waals surface area contributed by atoms with Gasteiger partial charge in [-0.1, -0.05) is 29.1 Å². The van der Waals surface area contributed by atoms with Gasteiger partial charge in [0.05, 0.1) is 24.2 Å². The Morgan fingerprint density at radius 1 is 0.917 bits per heavy atom. The minimum atomic E-state index is -0.202. The van der Waals surface area contributed by atoms with Crippen molar-refractivity contribution in [3.8, 4) is 0 Å². The maximum Gasteiger partial charge on any atom is 0.232 e. The van der Waals surface area contributed by atoms with Crippen LogP contribution >= 0.6 is 22.7 Å². The van der Waals surface area contributed by atoms with Crippen LogP contribution < -0.4 is 10.6 Å². The fourth-order valence-electron chi connectivity index (χ4n) is 4.23. The molecule has 0 saturated heterocycles. The van der Waals surface area contributed by atoms with E-state index < -0.39 is 0 Å². The molecule has 4 heterocycles. The second-order valence-corrected chi connectivity index (χ2v) is 10.6. The molecule has 3 aromatic heterocycles. The lowest BCUT2D eigenvalue weighted by atomic mass is 9.82. The fourth-order valence-corrected chi connectivity index (χ4v) is 6.04. The summed E-state index contributed by atoms with van der Waals surface area (Å²) >= 11 is 2.82. The normalized spacial score (nSPS) is 19.5. The highest BCUT2D eigenvalue weighted by Crippen LogP contribution is 2.43. The first-order valence-electron chi connectivity index (χ1n) is 11.7. The zero-order chi connectivity index (χ0) is 24.7. The largest absolute Gasteiger partial charge is 0.300 e. The molecule has 2 amide bonds. The first-order chi connectivity index (χ1) is 17.6. The number of hydrogen-bond acceptors (Lipinski definition) is 12. The van der Waals surface area contributed by atoms with Gasteiger partial charge in [-0.15, -0.1) is 20.4 Å². The predicted molar refractivity (Wildman–Crippen MR) is 137 cm³/mol. The molecule has 0 spiro atoms. The third-order valence-corrected chi connectivity index (χ3v) is 7.93. The van der Waals surface area contributed by atoms with Crippen molar-refractivity contribution in [2.24, 2.45) is 10.2 Å². The van der Waals surface area contributed by atoms with E-state index in [1.165, 1.54) is 22.7 Å². The number of hydrogen-bond donors (Lipinski definition) is 2. The molecule has 14 heteroatoms. The van der Waals surface area contributed by atoms with Gasteiger partial charge in [0.15, 0.2) is 0 Å². The van der Waals surface area contributed by atoms with Gasteiger partial charge < -0.3 is 10.6 Å². The Kier molecular flexibility index (Phi) is 7.71. The Labute approximate surface area is 214 Å². The van der Waals surface area contributed by atoms with Crippen molar-refractivity contribution in [1.29, 1.82) is 0 Å². The third kappa shape index (κ3) is 6.37. The zero-order valence-corrected chi connectivity index (χ0v) is 21.0. The molecule has 1 aliphatic heterocycles. The Morgan fingerprint density at radius 2 is 1.61 bits per heavy atom. The van der Waals surface area contributed by atoms with E-state index in [1.54, 1.807) is 24.5 Å². The summed E-state index contributed by atoms with van der Waals surface area (Å²) in [6.45, 7) is 0. The number of nitrogens with zero attached hydrogens (tertiary/aromatic N) is 8. The molecule has 2 N–H and O–H groups in total. The molecule has 36 heavy (non-hydrogen) atoms. The molecule has 2 atom stereocenters. The molecule has 2 aliphatic rings. The fraction of sp³-hybridized carbons (Fsp3) is 0.455. The van der Waals surface area contributed by atoms with E-state index in [0.29, 0.717) is 16.0 Å². The van der Waals surface area contributed by atoms with Crippen molar-refractivity contribution >= 4 is 56.7 Å². The van der Waals surface area contributed by atoms with Gasteiger partial charge in [-0.05, 0) is 44.2 Å². The third-order valence-electron chi connectivity index (χ3n) is 5.92. The molecule has 12 nitrogen and oxygen atoms in total. The molecular formula is C22H24N10O2S2. The van der Waals surface area contributed by atoms with Gasteiger partial charge in [0, 0.05) is 24.2 Å². The van der Waals surface area contributed by atoms with E-state index in [0.717, 1.165) is 54.3 Å². The number of anilines is 2. The number of amides is 2. The minimum absolute atomic E-state index is 0.131. The molecular weight excluding hydrogens is 500 g/mol. The monoisotopic (exact) mass is 524 g/mol. The van der Waals surface area contributed by atoms with Gasteiger partial charge in [0.1, 0.15) is 10.0 Å². The van der Waals surface area contributed by atoms with E-state index in [-0.39, 0.29) is 36.5 Å². The molecule has 5 rings (SSSR count). The van der Waals surface area contributed by atoms with Crippen LogP contribution in [-0.4, -0.2) is 54.3 Å². The van der Waals surface area contributed by atoms with Crippen molar-refractivity contribution in [3.05, 3.63) is 34.0 Å². The van der Waals surface area contributed by atoms with Gasteiger partial charge in [-0.25, -0.2) is 0 Å². The van der Waals surface area contributed by atoms with Crippen LogP contribution in [0.1, 0.15) is 72.5 Å². The number of rotatable bonds is 8. The lowest BCUT2D eigenvalue weighted by Gasteiger charge is -2.25. The summed E-state index contributed by atoms with van der Waals surface area (Å²) in [4.78, 5) is 24.6. The summed E-state index contributed by atoms with van der Waals surface area (Å²) in [5, 5.41) is 41.1. The van der Waals surface area contributed by atoms with Crippen LogP contribution in [0.5, 0.6) is 0 Å². The van der Waals surface area contributed by atoms with Crippen molar-refractivity contribution in [2.45, 2.75) is 63.2 Å². The maximum absolute atomic E-state index is 12.3. The molecule has 0 aromatic carbocycles. The number of carbonyl (C=O) groups is 2. The molecule has 1 fully saturated rings.